The highest BCUT2D eigenvalue weighted by Crippen LogP contribution is 2.25. The van der Waals surface area contributed by atoms with Crippen LogP contribution in [0.2, 0.25) is 0 Å². The molecule has 2 amide bonds. The van der Waals surface area contributed by atoms with E-state index in [9.17, 15) is 4.79 Å². The van der Waals surface area contributed by atoms with Crippen LogP contribution in [0, 0.1) is 11.8 Å². The maximum atomic E-state index is 11.8. The summed E-state index contributed by atoms with van der Waals surface area (Å²) in [4.78, 5) is 11.8. The number of aromatic nitrogens is 2. The Labute approximate surface area is 119 Å². The number of amides is 2. The minimum atomic E-state index is -0.138. The van der Waals surface area contributed by atoms with Gasteiger partial charge in [0.1, 0.15) is 0 Å². The SMILES string of the molecule is CC(C)[C@H]1OCC[C@@H]1CNC(=O)NCc1ccnn1C. The molecule has 0 aromatic carbocycles. The molecule has 2 heterocycles. The fraction of sp³-hybridized carbons (Fsp3) is 0.714. The molecule has 112 valence electrons. The molecule has 0 saturated carbocycles. The first-order valence-electron chi connectivity index (χ1n) is 7.18. The lowest BCUT2D eigenvalue weighted by atomic mass is 9.93. The van der Waals surface area contributed by atoms with Crippen LogP contribution >= 0.6 is 0 Å². The third-order valence-corrected chi connectivity index (χ3v) is 3.80. The van der Waals surface area contributed by atoms with Crippen molar-refractivity contribution < 1.29 is 9.53 Å². The first-order chi connectivity index (χ1) is 9.58. The van der Waals surface area contributed by atoms with Gasteiger partial charge in [0.2, 0.25) is 0 Å². The first kappa shape index (κ1) is 14.8. The topological polar surface area (TPSA) is 68.2 Å². The molecule has 1 saturated heterocycles. The van der Waals surface area contributed by atoms with Gasteiger partial charge in [-0.05, 0) is 18.4 Å². The van der Waals surface area contributed by atoms with Gasteiger partial charge >= 0.3 is 6.03 Å². The highest BCUT2D eigenvalue weighted by Gasteiger charge is 2.30. The second-order valence-electron chi connectivity index (χ2n) is 5.64. The molecule has 6 nitrogen and oxygen atoms in total. The predicted molar refractivity (Wildman–Crippen MR) is 76.1 cm³/mol. The Hall–Kier alpha value is -1.56. The van der Waals surface area contributed by atoms with E-state index in [-0.39, 0.29) is 12.1 Å². The number of nitrogens with one attached hydrogen (secondary N) is 2. The van der Waals surface area contributed by atoms with Crippen molar-refractivity contribution in [2.24, 2.45) is 18.9 Å². The van der Waals surface area contributed by atoms with E-state index in [2.05, 4.69) is 29.6 Å². The average molecular weight is 280 g/mol. The highest BCUT2D eigenvalue weighted by molar-refractivity contribution is 5.73. The molecule has 2 atom stereocenters. The summed E-state index contributed by atoms with van der Waals surface area (Å²) in [6.45, 7) is 6.26. The molecule has 1 aliphatic rings. The zero-order valence-electron chi connectivity index (χ0n) is 12.4. The van der Waals surface area contributed by atoms with Gasteiger partial charge in [0.15, 0.2) is 0 Å². The number of aryl methyl sites for hydroxylation is 1. The van der Waals surface area contributed by atoms with Gasteiger partial charge in [0.05, 0.1) is 18.3 Å². The molecule has 6 heteroatoms. The molecule has 1 aromatic rings. The van der Waals surface area contributed by atoms with E-state index in [1.807, 2.05) is 13.1 Å². The molecule has 0 unspecified atom stereocenters. The van der Waals surface area contributed by atoms with Crippen LogP contribution < -0.4 is 10.6 Å². The van der Waals surface area contributed by atoms with E-state index >= 15 is 0 Å². The zero-order valence-corrected chi connectivity index (χ0v) is 12.4. The summed E-state index contributed by atoms with van der Waals surface area (Å²) >= 11 is 0. The molecule has 0 spiro atoms. The van der Waals surface area contributed by atoms with Crippen molar-refractivity contribution in [2.45, 2.75) is 32.9 Å². The minimum Gasteiger partial charge on any atom is -0.378 e. The van der Waals surface area contributed by atoms with Crippen LogP contribution in [0.4, 0.5) is 4.79 Å². The Morgan fingerprint density at radius 1 is 1.55 bits per heavy atom. The largest absolute Gasteiger partial charge is 0.378 e. The molecular formula is C14H24N4O2. The van der Waals surface area contributed by atoms with Crippen LogP contribution in [0.1, 0.15) is 26.0 Å². The van der Waals surface area contributed by atoms with E-state index < -0.39 is 0 Å². The molecule has 1 aliphatic heterocycles. The van der Waals surface area contributed by atoms with Crippen molar-refractivity contribution in [3.8, 4) is 0 Å². The van der Waals surface area contributed by atoms with Crippen molar-refractivity contribution in [3.05, 3.63) is 18.0 Å². The van der Waals surface area contributed by atoms with Crippen molar-refractivity contribution in [1.82, 2.24) is 20.4 Å². The fourth-order valence-electron chi connectivity index (χ4n) is 2.64. The maximum Gasteiger partial charge on any atom is 0.315 e. The Balaban J connectivity index is 1.71. The van der Waals surface area contributed by atoms with Crippen molar-refractivity contribution >= 4 is 6.03 Å². The smallest absolute Gasteiger partial charge is 0.315 e. The summed E-state index contributed by atoms with van der Waals surface area (Å²) < 4.78 is 7.46. The van der Waals surface area contributed by atoms with Crippen molar-refractivity contribution in [1.29, 1.82) is 0 Å². The number of nitrogens with zero attached hydrogens (tertiary/aromatic N) is 2. The number of carbonyl (C=O) groups excluding carboxylic acids is 1. The van der Waals surface area contributed by atoms with Gasteiger partial charge in [-0.15, -0.1) is 0 Å². The number of rotatable bonds is 5. The predicted octanol–water partition coefficient (Wildman–Crippen LogP) is 1.28. The number of urea groups is 1. The number of hydrogen-bond donors (Lipinski definition) is 2. The van der Waals surface area contributed by atoms with Crippen LogP contribution in [0.3, 0.4) is 0 Å². The molecular weight excluding hydrogens is 256 g/mol. The first-order valence-corrected chi connectivity index (χ1v) is 7.18. The van der Waals surface area contributed by atoms with E-state index in [0.29, 0.717) is 24.9 Å². The van der Waals surface area contributed by atoms with E-state index in [0.717, 1.165) is 18.7 Å². The Kier molecular flexibility index (Phi) is 5.00. The fourth-order valence-corrected chi connectivity index (χ4v) is 2.64. The lowest BCUT2D eigenvalue weighted by Crippen LogP contribution is -2.40. The lowest BCUT2D eigenvalue weighted by Gasteiger charge is -2.22. The summed E-state index contributed by atoms with van der Waals surface area (Å²) in [6.07, 6.45) is 3.00. The molecule has 20 heavy (non-hydrogen) atoms. The second-order valence-corrected chi connectivity index (χ2v) is 5.64. The molecule has 2 N–H and O–H groups in total. The molecule has 0 bridgehead atoms. The van der Waals surface area contributed by atoms with Crippen LogP contribution in [0.25, 0.3) is 0 Å². The lowest BCUT2D eigenvalue weighted by molar-refractivity contribution is 0.0545. The summed E-state index contributed by atoms with van der Waals surface area (Å²) in [5.41, 5.74) is 0.976. The number of ether oxygens (including phenoxy) is 1. The normalized spacial score (nSPS) is 22.2. The monoisotopic (exact) mass is 280 g/mol. The van der Waals surface area contributed by atoms with Gasteiger partial charge in [0.25, 0.3) is 0 Å². The third kappa shape index (κ3) is 3.72. The van der Waals surface area contributed by atoms with Gasteiger partial charge < -0.3 is 15.4 Å². The molecule has 1 aromatic heterocycles. The molecule has 1 fully saturated rings. The highest BCUT2D eigenvalue weighted by atomic mass is 16.5. The van der Waals surface area contributed by atoms with Gasteiger partial charge in [-0.1, -0.05) is 13.8 Å². The van der Waals surface area contributed by atoms with Gasteiger partial charge in [-0.25, -0.2) is 4.79 Å². The summed E-state index contributed by atoms with van der Waals surface area (Å²) in [7, 11) is 1.86. The quantitative estimate of drug-likeness (QED) is 0.853. The van der Waals surface area contributed by atoms with E-state index in [1.54, 1.807) is 10.9 Å². The summed E-state index contributed by atoms with van der Waals surface area (Å²) in [5.74, 6) is 0.902. The Bertz CT molecular complexity index is 444. The minimum absolute atomic E-state index is 0.138. The van der Waals surface area contributed by atoms with Crippen LogP contribution in [-0.2, 0) is 18.3 Å². The average Bonchev–Trinajstić information content (AvgIpc) is 3.02. The molecule has 0 radical (unpaired) electrons. The third-order valence-electron chi connectivity index (χ3n) is 3.80. The van der Waals surface area contributed by atoms with Crippen molar-refractivity contribution in [2.75, 3.05) is 13.2 Å². The maximum absolute atomic E-state index is 11.8. The standard InChI is InChI=1S/C14H24N4O2/c1-10(2)13-11(5-7-20-13)8-15-14(19)16-9-12-4-6-17-18(12)3/h4,6,10-11,13H,5,7-9H2,1-3H3,(H2,15,16,19)/t11-,13-/m1/s1. The molecule has 0 aliphatic carbocycles. The summed E-state index contributed by atoms with van der Waals surface area (Å²) in [5, 5.41) is 9.84. The number of carbonyl (C=O) groups is 1. The van der Waals surface area contributed by atoms with E-state index in [4.69, 9.17) is 4.74 Å². The summed E-state index contributed by atoms with van der Waals surface area (Å²) in [6, 6.07) is 1.75. The van der Waals surface area contributed by atoms with E-state index in [1.165, 1.54) is 0 Å². The van der Waals surface area contributed by atoms with Gasteiger partial charge in [-0.3, -0.25) is 4.68 Å². The van der Waals surface area contributed by atoms with Crippen LogP contribution in [-0.4, -0.2) is 35.1 Å². The zero-order chi connectivity index (χ0) is 14.5. The number of hydrogen-bond acceptors (Lipinski definition) is 3. The van der Waals surface area contributed by atoms with Gasteiger partial charge in [0, 0.05) is 32.3 Å². The Morgan fingerprint density at radius 2 is 2.35 bits per heavy atom. The molecule has 2 rings (SSSR count). The second kappa shape index (κ2) is 6.74. The van der Waals surface area contributed by atoms with Gasteiger partial charge in [-0.2, -0.15) is 5.10 Å². The van der Waals surface area contributed by atoms with Crippen molar-refractivity contribution in [3.63, 3.8) is 0 Å². The van der Waals surface area contributed by atoms with Crippen LogP contribution in [0.5, 0.6) is 0 Å². The Morgan fingerprint density at radius 3 is 3.00 bits per heavy atom. The van der Waals surface area contributed by atoms with Crippen LogP contribution in [0.15, 0.2) is 12.3 Å².